The molecule has 6 nitrogen and oxygen atoms in total. The maximum absolute atomic E-state index is 13.4. The number of carbonyl (C=O) groups is 1. The quantitative estimate of drug-likeness (QED) is 0.554. The van der Waals surface area contributed by atoms with Crippen LogP contribution < -0.4 is 5.43 Å². The molecule has 3 rings (SSSR count). The first kappa shape index (κ1) is 16.6. The van der Waals surface area contributed by atoms with Gasteiger partial charge in [-0.1, -0.05) is 19.1 Å². The summed E-state index contributed by atoms with van der Waals surface area (Å²) < 4.78 is 15.1. The van der Waals surface area contributed by atoms with Crippen LogP contribution >= 0.6 is 0 Å². The summed E-state index contributed by atoms with van der Waals surface area (Å²) in [5.74, 6) is -0.910. The molecule has 1 heterocycles. The van der Waals surface area contributed by atoms with Crippen LogP contribution in [-0.4, -0.2) is 26.3 Å². The third-order valence-corrected chi connectivity index (χ3v) is 3.76. The molecule has 1 aromatic heterocycles. The van der Waals surface area contributed by atoms with Crippen molar-refractivity contribution in [2.75, 3.05) is 0 Å². The zero-order valence-corrected chi connectivity index (χ0v) is 13.6. The summed E-state index contributed by atoms with van der Waals surface area (Å²) in [6.45, 7) is 1.86. The molecule has 2 aromatic carbocycles. The molecule has 0 aliphatic rings. The van der Waals surface area contributed by atoms with Crippen LogP contribution in [-0.2, 0) is 11.3 Å². The number of nitrogens with zero attached hydrogens (tertiary/aromatic N) is 3. The van der Waals surface area contributed by atoms with Gasteiger partial charge in [0.15, 0.2) is 0 Å². The largest absolute Gasteiger partial charge is 0.507 e. The number of imidazole rings is 1. The minimum Gasteiger partial charge on any atom is -0.507 e. The summed E-state index contributed by atoms with van der Waals surface area (Å²) in [7, 11) is 0. The van der Waals surface area contributed by atoms with Crippen LogP contribution in [0.15, 0.2) is 53.9 Å². The number of hydrogen-bond acceptors (Lipinski definition) is 4. The standard InChI is InChI=1S/C18H17FN4O2/c1-2-14(13-9-12(19)7-8-17(13)24)21-22-18(25)10-23-11-20-15-5-3-4-6-16(15)23/h3-9,11,24H,2,10H2,1H3,(H,22,25)/b21-14+. The Morgan fingerprint density at radius 3 is 2.92 bits per heavy atom. The van der Waals surface area contributed by atoms with E-state index >= 15 is 0 Å². The fourth-order valence-corrected chi connectivity index (χ4v) is 2.53. The van der Waals surface area contributed by atoms with Crippen LogP contribution in [0.5, 0.6) is 5.75 Å². The van der Waals surface area contributed by atoms with Gasteiger partial charge in [0.25, 0.3) is 5.91 Å². The molecule has 0 bridgehead atoms. The molecule has 0 atom stereocenters. The van der Waals surface area contributed by atoms with Crippen molar-refractivity contribution in [1.82, 2.24) is 15.0 Å². The van der Waals surface area contributed by atoms with E-state index in [1.165, 1.54) is 12.1 Å². The zero-order chi connectivity index (χ0) is 17.8. The van der Waals surface area contributed by atoms with Gasteiger partial charge < -0.3 is 9.67 Å². The lowest BCUT2D eigenvalue weighted by Crippen LogP contribution is -2.24. The normalized spacial score (nSPS) is 11.7. The number of amides is 1. The van der Waals surface area contributed by atoms with E-state index in [-0.39, 0.29) is 23.8 Å². The summed E-state index contributed by atoms with van der Waals surface area (Å²) in [6, 6.07) is 11.1. The summed E-state index contributed by atoms with van der Waals surface area (Å²) in [6.07, 6.45) is 2.01. The highest BCUT2D eigenvalue weighted by Gasteiger charge is 2.11. The Balaban J connectivity index is 1.75. The van der Waals surface area contributed by atoms with Crippen LogP contribution in [0.2, 0.25) is 0 Å². The number of aromatic nitrogens is 2. The van der Waals surface area contributed by atoms with Gasteiger partial charge in [-0.05, 0) is 36.8 Å². The molecule has 0 saturated heterocycles. The van der Waals surface area contributed by atoms with Crippen molar-refractivity contribution in [3.05, 3.63) is 60.2 Å². The fourth-order valence-electron chi connectivity index (χ4n) is 2.53. The Morgan fingerprint density at radius 1 is 1.32 bits per heavy atom. The number of rotatable bonds is 5. The maximum Gasteiger partial charge on any atom is 0.260 e. The van der Waals surface area contributed by atoms with Gasteiger partial charge in [-0.15, -0.1) is 0 Å². The number of phenolic OH excluding ortho intramolecular Hbond substituents is 1. The summed E-state index contributed by atoms with van der Waals surface area (Å²) in [5.41, 5.74) is 4.75. The van der Waals surface area contributed by atoms with E-state index in [1.54, 1.807) is 17.8 Å². The number of halogens is 1. The van der Waals surface area contributed by atoms with Crippen molar-refractivity contribution in [2.45, 2.75) is 19.9 Å². The molecule has 0 saturated carbocycles. The van der Waals surface area contributed by atoms with Gasteiger partial charge in [-0.25, -0.2) is 14.8 Å². The highest BCUT2D eigenvalue weighted by molar-refractivity contribution is 6.03. The number of nitrogens with one attached hydrogen (secondary N) is 1. The Morgan fingerprint density at radius 2 is 2.12 bits per heavy atom. The van der Waals surface area contributed by atoms with Crippen molar-refractivity contribution in [3.63, 3.8) is 0 Å². The summed E-state index contributed by atoms with van der Waals surface area (Å²) in [5, 5.41) is 13.9. The second-order valence-electron chi connectivity index (χ2n) is 5.47. The minimum absolute atomic E-state index is 0.0517. The van der Waals surface area contributed by atoms with Crippen LogP contribution in [0.3, 0.4) is 0 Å². The number of fused-ring (bicyclic) bond motifs is 1. The van der Waals surface area contributed by atoms with Crippen LogP contribution in [0, 0.1) is 5.82 Å². The fraction of sp³-hybridized carbons (Fsp3) is 0.167. The van der Waals surface area contributed by atoms with Crippen molar-refractivity contribution < 1.29 is 14.3 Å². The van der Waals surface area contributed by atoms with Gasteiger partial charge in [0.1, 0.15) is 18.1 Å². The predicted octanol–water partition coefficient (Wildman–Crippen LogP) is 2.81. The number of para-hydroxylation sites is 2. The lowest BCUT2D eigenvalue weighted by atomic mass is 10.1. The molecule has 0 spiro atoms. The average Bonchev–Trinajstić information content (AvgIpc) is 3.01. The SMILES string of the molecule is CC/C(=N\NC(=O)Cn1cnc2ccccc21)c1cc(F)ccc1O. The number of hydrazone groups is 1. The molecular weight excluding hydrogens is 323 g/mol. The van der Waals surface area contributed by atoms with Gasteiger partial charge >= 0.3 is 0 Å². The van der Waals surface area contributed by atoms with Crippen LogP contribution in [0.25, 0.3) is 11.0 Å². The van der Waals surface area contributed by atoms with Crippen molar-refractivity contribution in [1.29, 1.82) is 0 Å². The number of aromatic hydroxyl groups is 1. The number of hydrogen-bond donors (Lipinski definition) is 2. The lowest BCUT2D eigenvalue weighted by molar-refractivity contribution is -0.121. The molecule has 128 valence electrons. The summed E-state index contributed by atoms with van der Waals surface area (Å²) >= 11 is 0. The molecule has 25 heavy (non-hydrogen) atoms. The average molecular weight is 340 g/mol. The molecule has 0 unspecified atom stereocenters. The molecule has 0 radical (unpaired) electrons. The van der Waals surface area contributed by atoms with Crippen molar-refractivity contribution in [2.24, 2.45) is 5.10 Å². The Hall–Kier alpha value is -3.22. The topological polar surface area (TPSA) is 79.5 Å². The van der Waals surface area contributed by atoms with Gasteiger partial charge in [0.2, 0.25) is 0 Å². The molecule has 0 aliphatic carbocycles. The van der Waals surface area contributed by atoms with E-state index in [4.69, 9.17) is 0 Å². The van der Waals surface area contributed by atoms with E-state index in [0.717, 1.165) is 17.1 Å². The third-order valence-electron chi connectivity index (χ3n) is 3.76. The lowest BCUT2D eigenvalue weighted by Gasteiger charge is -2.08. The van der Waals surface area contributed by atoms with Gasteiger partial charge in [-0.3, -0.25) is 4.79 Å². The van der Waals surface area contributed by atoms with Gasteiger partial charge in [0, 0.05) is 5.56 Å². The Labute approximate surface area is 143 Å². The van der Waals surface area contributed by atoms with Crippen LogP contribution in [0.1, 0.15) is 18.9 Å². The monoisotopic (exact) mass is 340 g/mol. The van der Waals surface area contributed by atoms with Crippen LogP contribution in [0.4, 0.5) is 4.39 Å². The molecule has 1 amide bonds. The first-order valence-corrected chi connectivity index (χ1v) is 7.82. The molecular formula is C18H17FN4O2. The van der Waals surface area contributed by atoms with Crippen molar-refractivity contribution in [3.8, 4) is 5.75 Å². The minimum atomic E-state index is -0.481. The van der Waals surface area contributed by atoms with E-state index in [2.05, 4.69) is 15.5 Å². The molecule has 7 heteroatoms. The first-order valence-electron chi connectivity index (χ1n) is 7.82. The Kier molecular flexibility index (Phi) is 4.74. The number of phenols is 1. The Bertz CT molecular complexity index is 949. The molecule has 3 aromatic rings. The van der Waals surface area contributed by atoms with Gasteiger partial charge in [-0.2, -0.15) is 5.10 Å². The van der Waals surface area contributed by atoms with Crippen molar-refractivity contribution >= 4 is 22.7 Å². The number of carbonyl (C=O) groups excluding carboxylic acids is 1. The smallest absolute Gasteiger partial charge is 0.260 e. The zero-order valence-electron chi connectivity index (χ0n) is 13.6. The number of benzene rings is 2. The second kappa shape index (κ2) is 7.12. The molecule has 2 N–H and O–H groups in total. The van der Waals surface area contributed by atoms with E-state index < -0.39 is 5.82 Å². The second-order valence-corrected chi connectivity index (χ2v) is 5.47. The predicted molar refractivity (Wildman–Crippen MR) is 92.8 cm³/mol. The highest BCUT2D eigenvalue weighted by atomic mass is 19.1. The highest BCUT2D eigenvalue weighted by Crippen LogP contribution is 2.20. The third kappa shape index (κ3) is 3.65. The summed E-state index contributed by atoms with van der Waals surface area (Å²) in [4.78, 5) is 16.4. The molecule has 0 fully saturated rings. The van der Waals surface area contributed by atoms with Gasteiger partial charge in [0.05, 0.1) is 23.1 Å². The maximum atomic E-state index is 13.4. The first-order chi connectivity index (χ1) is 12.1. The van der Waals surface area contributed by atoms with E-state index in [0.29, 0.717) is 12.1 Å². The van der Waals surface area contributed by atoms with E-state index in [1.807, 2.05) is 24.3 Å². The van der Waals surface area contributed by atoms with E-state index in [9.17, 15) is 14.3 Å². The molecule has 0 aliphatic heterocycles.